The smallest absolute Gasteiger partial charge is 0.136 e. The molecule has 2 heteroatoms. The Kier molecular flexibility index (Phi) is 3.12. The maximum atomic E-state index is 11.5. The highest BCUT2D eigenvalue weighted by atomic mass is 16.1. The fraction of sp³-hybridized carbons (Fsp3) is 0.909. The van der Waals surface area contributed by atoms with Crippen LogP contribution in [0.2, 0.25) is 0 Å². The number of nitrogens with zero attached hydrogens (tertiary/aromatic N) is 1. The Morgan fingerprint density at radius 1 is 1.38 bits per heavy atom. The number of piperidine rings is 1. The van der Waals surface area contributed by atoms with E-state index in [9.17, 15) is 4.79 Å². The summed E-state index contributed by atoms with van der Waals surface area (Å²) in [6, 6.07) is 0.443. The third-order valence-corrected chi connectivity index (χ3v) is 3.51. The van der Waals surface area contributed by atoms with Gasteiger partial charge in [0.15, 0.2) is 0 Å². The van der Waals surface area contributed by atoms with Crippen LogP contribution >= 0.6 is 0 Å². The lowest BCUT2D eigenvalue weighted by atomic mass is 9.76. The monoisotopic (exact) mass is 183 g/mol. The molecule has 0 unspecified atom stereocenters. The molecule has 1 heterocycles. The van der Waals surface area contributed by atoms with Crippen LogP contribution < -0.4 is 0 Å². The first-order valence-corrected chi connectivity index (χ1v) is 5.17. The normalized spacial score (nSPS) is 26.0. The highest BCUT2D eigenvalue weighted by Gasteiger charge is 2.37. The lowest BCUT2D eigenvalue weighted by Crippen LogP contribution is -2.49. The number of hydrogen-bond donors (Lipinski definition) is 0. The quantitative estimate of drug-likeness (QED) is 0.653. The van der Waals surface area contributed by atoms with Crippen molar-refractivity contribution in [2.75, 3.05) is 13.6 Å². The zero-order chi connectivity index (χ0) is 10.1. The maximum Gasteiger partial charge on any atom is 0.136 e. The van der Waals surface area contributed by atoms with Gasteiger partial charge in [0.05, 0.1) is 0 Å². The topological polar surface area (TPSA) is 20.3 Å². The predicted molar refractivity (Wildman–Crippen MR) is 54.7 cm³/mol. The van der Waals surface area contributed by atoms with Gasteiger partial charge in [-0.1, -0.05) is 20.3 Å². The van der Waals surface area contributed by atoms with Crippen molar-refractivity contribution in [3.05, 3.63) is 0 Å². The molecule has 1 aliphatic rings. The van der Waals surface area contributed by atoms with Crippen LogP contribution in [0.3, 0.4) is 0 Å². The molecule has 0 bridgehead atoms. The van der Waals surface area contributed by atoms with Crippen molar-refractivity contribution >= 4 is 5.78 Å². The molecule has 0 N–H and O–H groups in total. The molecule has 1 fully saturated rings. The van der Waals surface area contributed by atoms with E-state index in [2.05, 4.69) is 25.8 Å². The number of ketones is 1. The Bertz CT molecular complexity index is 198. The molecule has 13 heavy (non-hydrogen) atoms. The van der Waals surface area contributed by atoms with Gasteiger partial charge in [-0.15, -0.1) is 0 Å². The van der Waals surface area contributed by atoms with Gasteiger partial charge in [0.25, 0.3) is 0 Å². The molecular weight excluding hydrogens is 162 g/mol. The Balaban J connectivity index is 2.73. The maximum absolute atomic E-state index is 11.5. The first-order valence-electron chi connectivity index (χ1n) is 5.17. The summed E-state index contributed by atoms with van der Waals surface area (Å²) in [5.74, 6) is 0.311. The number of likely N-dealkylation sites (tertiary alicyclic amines) is 1. The Morgan fingerprint density at radius 3 is 2.46 bits per heavy atom. The van der Waals surface area contributed by atoms with Crippen LogP contribution in [0.25, 0.3) is 0 Å². The van der Waals surface area contributed by atoms with Crippen LogP contribution in [0.1, 0.15) is 40.0 Å². The molecule has 0 aromatic heterocycles. The largest absolute Gasteiger partial charge is 0.302 e. The van der Waals surface area contributed by atoms with Gasteiger partial charge in [0.2, 0.25) is 0 Å². The number of Topliss-reactive ketones (excluding diaryl/α,β-unsaturated/α-hetero) is 1. The van der Waals surface area contributed by atoms with Crippen LogP contribution in [0, 0.1) is 5.41 Å². The number of carbonyl (C=O) groups excluding carboxylic acids is 1. The highest BCUT2D eigenvalue weighted by molar-refractivity contribution is 5.82. The summed E-state index contributed by atoms with van der Waals surface area (Å²) in [6.07, 6.45) is 3.72. The molecule has 1 rings (SSSR count). The summed E-state index contributed by atoms with van der Waals surface area (Å²) < 4.78 is 0. The fourth-order valence-electron chi connectivity index (χ4n) is 2.22. The molecule has 1 atom stereocenters. The summed E-state index contributed by atoms with van der Waals surface area (Å²) in [5, 5.41) is 0. The standard InChI is InChI=1S/C11H21NO/c1-9(13)11(2,3)10-7-5-6-8-12(10)4/h10H,5-8H2,1-4H3/t10-/m1/s1. The second-order valence-electron chi connectivity index (χ2n) is 4.77. The van der Waals surface area contributed by atoms with Gasteiger partial charge < -0.3 is 4.90 Å². The molecule has 0 aliphatic carbocycles. The summed E-state index contributed by atoms with van der Waals surface area (Å²) in [6.45, 7) is 6.99. The minimum Gasteiger partial charge on any atom is -0.302 e. The van der Waals surface area contributed by atoms with E-state index in [0.717, 1.165) is 6.54 Å². The number of hydrogen-bond acceptors (Lipinski definition) is 2. The van der Waals surface area contributed by atoms with Crippen molar-refractivity contribution in [1.82, 2.24) is 4.90 Å². The van der Waals surface area contributed by atoms with E-state index in [1.54, 1.807) is 6.92 Å². The molecule has 76 valence electrons. The summed E-state index contributed by atoms with van der Waals surface area (Å²) in [5.41, 5.74) is -0.171. The van der Waals surface area contributed by atoms with E-state index < -0.39 is 0 Å². The van der Waals surface area contributed by atoms with E-state index in [-0.39, 0.29) is 5.41 Å². The molecule has 0 radical (unpaired) electrons. The fourth-order valence-corrected chi connectivity index (χ4v) is 2.22. The van der Waals surface area contributed by atoms with Crippen molar-refractivity contribution < 1.29 is 4.79 Å². The van der Waals surface area contributed by atoms with Gasteiger partial charge >= 0.3 is 0 Å². The van der Waals surface area contributed by atoms with Gasteiger partial charge in [-0.05, 0) is 33.4 Å². The van der Waals surface area contributed by atoms with Crippen molar-refractivity contribution in [1.29, 1.82) is 0 Å². The van der Waals surface area contributed by atoms with Gasteiger partial charge in [0.1, 0.15) is 5.78 Å². The summed E-state index contributed by atoms with van der Waals surface area (Å²) in [7, 11) is 2.13. The molecule has 0 aromatic carbocycles. The molecule has 0 spiro atoms. The average molecular weight is 183 g/mol. The zero-order valence-electron chi connectivity index (χ0n) is 9.26. The first-order chi connectivity index (χ1) is 5.96. The van der Waals surface area contributed by atoms with Gasteiger partial charge in [0, 0.05) is 11.5 Å². The van der Waals surface area contributed by atoms with E-state index in [1.165, 1.54) is 19.3 Å². The third kappa shape index (κ3) is 2.11. The van der Waals surface area contributed by atoms with Gasteiger partial charge in [-0.25, -0.2) is 0 Å². The van der Waals surface area contributed by atoms with Crippen molar-refractivity contribution in [3.63, 3.8) is 0 Å². The summed E-state index contributed by atoms with van der Waals surface area (Å²) in [4.78, 5) is 13.8. The van der Waals surface area contributed by atoms with Gasteiger partial charge in [-0.2, -0.15) is 0 Å². The lowest BCUT2D eigenvalue weighted by molar-refractivity contribution is -0.129. The van der Waals surface area contributed by atoms with Crippen molar-refractivity contribution in [2.24, 2.45) is 5.41 Å². The van der Waals surface area contributed by atoms with Crippen LogP contribution in [0.4, 0.5) is 0 Å². The van der Waals surface area contributed by atoms with Crippen LogP contribution in [0.5, 0.6) is 0 Å². The van der Waals surface area contributed by atoms with Crippen LogP contribution in [0.15, 0.2) is 0 Å². The second kappa shape index (κ2) is 3.79. The Morgan fingerprint density at radius 2 is 2.00 bits per heavy atom. The number of rotatable bonds is 2. The highest BCUT2D eigenvalue weighted by Crippen LogP contribution is 2.31. The van der Waals surface area contributed by atoms with Crippen LogP contribution in [-0.4, -0.2) is 30.3 Å². The van der Waals surface area contributed by atoms with E-state index in [4.69, 9.17) is 0 Å². The molecule has 0 aromatic rings. The molecule has 0 saturated carbocycles. The van der Waals surface area contributed by atoms with E-state index in [1.807, 2.05) is 0 Å². The summed E-state index contributed by atoms with van der Waals surface area (Å²) >= 11 is 0. The lowest BCUT2D eigenvalue weighted by Gasteiger charge is -2.41. The van der Waals surface area contributed by atoms with E-state index >= 15 is 0 Å². The molecule has 0 amide bonds. The first kappa shape index (κ1) is 10.7. The zero-order valence-corrected chi connectivity index (χ0v) is 9.26. The molecule has 1 saturated heterocycles. The Hall–Kier alpha value is -0.370. The van der Waals surface area contributed by atoms with E-state index in [0.29, 0.717) is 11.8 Å². The predicted octanol–water partition coefficient (Wildman–Crippen LogP) is 2.09. The number of carbonyl (C=O) groups is 1. The Labute approximate surface area is 81.3 Å². The van der Waals surface area contributed by atoms with Gasteiger partial charge in [-0.3, -0.25) is 4.79 Å². The molecule has 2 nitrogen and oxygen atoms in total. The van der Waals surface area contributed by atoms with Crippen molar-refractivity contribution in [3.8, 4) is 0 Å². The van der Waals surface area contributed by atoms with Crippen molar-refractivity contribution in [2.45, 2.75) is 46.1 Å². The molecule has 1 aliphatic heterocycles. The minimum atomic E-state index is -0.171. The third-order valence-electron chi connectivity index (χ3n) is 3.51. The second-order valence-corrected chi connectivity index (χ2v) is 4.77. The SMILES string of the molecule is CC(=O)C(C)(C)[C@H]1CCCCN1C. The average Bonchev–Trinajstić information content (AvgIpc) is 2.04. The minimum absolute atomic E-state index is 0.171. The molecular formula is C11H21NO. The van der Waals surface area contributed by atoms with Crippen LogP contribution in [-0.2, 0) is 4.79 Å².